The summed E-state index contributed by atoms with van der Waals surface area (Å²) in [5.74, 6) is 0. The molecule has 0 aromatic heterocycles. The lowest BCUT2D eigenvalue weighted by molar-refractivity contribution is 0.0838. The molecular formula is C15H20Cl2N2O2. The van der Waals surface area contributed by atoms with Crippen LogP contribution in [0, 0.1) is 0 Å². The summed E-state index contributed by atoms with van der Waals surface area (Å²) in [5, 5.41) is 4.12. The highest BCUT2D eigenvalue weighted by Crippen LogP contribution is 2.22. The fraction of sp³-hybridized carbons (Fsp3) is 0.533. The first-order chi connectivity index (χ1) is 9.97. The van der Waals surface area contributed by atoms with Gasteiger partial charge in [-0.1, -0.05) is 29.3 Å². The zero-order valence-electron chi connectivity index (χ0n) is 12.2. The standard InChI is InChI=1S/C15H20Cl2N2O2/c1-10(14-4-3-7-21-14)18-15(20)19(2)9-11-5-6-12(16)8-13(11)17/h5-6,8,10,14H,3-4,7,9H2,1-2H3,(H,18,20)/t10-,14+/m0/s1. The highest BCUT2D eigenvalue weighted by Gasteiger charge is 2.24. The molecule has 1 aliphatic heterocycles. The molecule has 2 atom stereocenters. The van der Waals surface area contributed by atoms with E-state index < -0.39 is 0 Å². The molecule has 0 bridgehead atoms. The zero-order chi connectivity index (χ0) is 15.4. The Hall–Kier alpha value is -0.970. The van der Waals surface area contributed by atoms with E-state index in [0.29, 0.717) is 16.6 Å². The van der Waals surface area contributed by atoms with Gasteiger partial charge < -0.3 is 15.0 Å². The largest absolute Gasteiger partial charge is 0.376 e. The third-order valence-corrected chi connectivity index (χ3v) is 4.23. The quantitative estimate of drug-likeness (QED) is 0.914. The van der Waals surface area contributed by atoms with Crippen LogP contribution in [0.25, 0.3) is 0 Å². The maximum atomic E-state index is 12.2. The van der Waals surface area contributed by atoms with Crippen LogP contribution in [0.15, 0.2) is 18.2 Å². The maximum Gasteiger partial charge on any atom is 0.317 e. The second-order valence-electron chi connectivity index (χ2n) is 5.38. The molecule has 1 N–H and O–H groups in total. The van der Waals surface area contributed by atoms with E-state index in [1.807, 2.05) is 13.0 Å². The second kappa shape index (κ2) is 7.34. The van der Waals surface area contributed by atoms with Gasteiger partial charge >= 0.3 is 6.03 Å². The molecule has 6 heteroatoms. The molecule has 1 aliphatic rings. The molecule has 1 fully saturated rings. The number of nitrogens with one attached hydrogen (secondary N) is 1. The topological polar surface area (TPSA) is 41.6 Å². The number of carbonyl (C=O) groups is 1. The van der Waals surface area contributed by atoms with E-state index in [1.165, 1.54) is 0 Å². The van der Waals surface area contributed by atoms with Crippen molar-refractivity contribution >= 4 is 29.2 Å². The van der Waals surface area contributed by atoms with Gasteiger partial charge in [-0.15, -0.1) is 0 Å². The Morgan fingerprint density at radius 1 is 1.52 bits per heavy atom. The molecule has 21 heavy (non-hydrogen) atoms. The van der Waals surface area contributed by atoms with E-state index >= 15 is 0 Å². The smallest absolute Gasteiger partial charge is 0.317 e. The van der Waals surface area contributed by atoms with Gasteiger partial charge in [0.15, 0.2) is 0 Å². The van der Waals surface area contributed by atoms with Gasteiger partial charge in [-0.25, -0.2) is 4.79 Å². The van der Waals surface area contributed by atoms with Crippen LogP contribution in [-0.2, 0) is 11.3 Å². The SMILES string of the molecule is C[C@H](NC(=O)N(C)Cc1ccc(Cl)cc1Cl)[C@H]1CCCO1. The number of hydrogen-bond donors (Lipinski definition) is 1. The lowest BCUT2D eigenvalue weighted by atomic mass is 10.1. The summed E-state index contributed by atoms with van der Waals surface area (Å²) in [6, 6.07) is 5.15. The lowest BCUT2D eigenvalue weighted by Gasteiger charge is -2.24. The average Bonchev–Trinajstić information content (AvgIpc) is 2.95. The third-order valence-electron chi connectivity index (χ3n) is 3.64. The van der Waals surface area contributed by atoms with Crippen LogP contribution in [-0.4, -0.2) is 36.7 Å². The molecule has 1 aromatic rings. The van der Waals surface area contributed by atoms with E-state index in [1.54, 1.807) is 24.1 Å². The summed E-state index contributed by atoms with van der Waals surface area (Å²) in [6.45, 7) is 3.18. The minimum Gasteiger partial charge on any atom is -0.376 e. The Kier molecular flexibility index (Phi) is 5.73. The summed E-state index contributed by atoms with van der Waals surface area (Å²) in [4.78, 5) is 13.8. The van der Waals surface area contributed by atoms with Gasteiger partial charge in [-0.2, -0.15) is 0 Å². The summed E-state index contributed by atoms with van der Waals surface area (Å²) in [6.07, 6.45) is 2.16. The van der Waals surface area contributed by atoms with Crippen LogP contribution in [0.4, 0.5) is 4.79 Å². The van der Waals surface area contributed by atoms with E-state index in [0.717, 1.165) is 25.0 Å². The predicted octanol–water partition coefficient (Wildman–Crippen LogP) is 3.70. The van der Waals surface area contributed by atoms with Crippen molar-refractivity contribution in [2.75, 3.05) is 13.7 Å². The molecule has 2 amide bonds. The van der Waals surface area contributed by atoms with Crippen LogP contribution in [0.3, 0.4) is 0 Å². The fourth-order valence-electron chi connectivity index (χ4n) is 2.37. The number of ether oxygens (including phenoxy) is 1. The molecular weight excluding hydrogens is 311 g/mol. The van der Waals surface area contributed by atoms with Crippen LogP contribution >= 0.6 is 23.2 Å². The van der Waals surface area contributed by atoms with Crippen molar-refractivity contribution in [3.63, 3.8) is 0 Å². The molecule has 0 saturated carbocycles. The maximum absolute atomic E-state index is 12.2. The zero-order valence-corrected chi connectivity index (χ0v) is 13.7. The number of nitrogens with zero attached hydrogens (tertiary/aromatic N) is 1. The fourth-order valence-corrected chi connectivity index (χ4v) is 2.84. The van der Waals surface area contributed by atoms with Gasteiger partial charge in [-0.3, -0.25) is 0 Å². The van der Waals surface area contributed by atoms with Gasteiger partial charge in [0, 0.05) is 30.2 Å². The van der Waals surface area contributed by atoms with Gasteiger partial charge in [0.2, 0.25) is 0 Å². The molecule has 4 nitrogen and oxygen atoms in total. The first kappa shape index (κ1) is 16.4. The van der Waals surface area contributed by atoms with Crippen molar-refractivity contribution < 1.29 is 9.53 Å². The summed E-state index contributed by atoms with van der Waals surface area (Å²) in [5.41, 5.74) is 0.864. The number of carbonyl (C=O) groups excluding carboxylic acids is 1. The Labute approximate surface area is 135 Å². The van der Waals surface area contributed by atoms with E-state index in [9.17, 15) is 4.79 Å². The Balaban J connectivity index is 1.89. The number of benzene rings is 1. The molecule has 1 heterocycles. The summed E-state index contributed by atoms with van der Waals surface area (Å²) in [7, 11) is 1.74. The van der Waals surface area contributed by atoms with E-state index in [2.05, 4.69) is 5.32 Å². The minimum atomic E-state index is -0.135. The third kappa shape index (κ3) is 4.50. The summed E-state index contributed by atoms with van der Waals surface area (Å²) >= 11 is 12.0. The van der Waals surface area contributed by atoms with Crippen molar-refractivity contribution in [3.8, 4) is 0 Å². The predicted molar refractivity (Wildman–Crippen MR) is 84.9 cm³/mol. The highest BCUT2D eigenvalue weighted by molar-refractivity contribution is 6.35. The van der Waals surface area contributed by atoms with Crippen molar-refractivity contribution in [2.45, 2.75) is 38.5 Å². The van der Waals surface area contributed by atoms with Crippen LogP contribution in [0.5, 0.6) is 0 Å². The van der Waals surface area contributed by atoms with Gasteiger partial charge in [0.05, 0.1) is 12.1 Å². The monoisotopic (exact) mass is 330 g/mol. The Bertz CT molecular complexity index is 504. The number of urea groups is 1. The van der Waals surface area contributed by atoms with Gasteiger partial charge in [0.25, 0.3) is 0 Å². The highest BCUT2D eigenvalue weighted by atomic mass is 35.5. The first-order valence-electron chi connectivity index (χ1n) is 7.04. The molecule has 116 valence electrons. The second-order valence-corrected chi connectivity index (χ2v) is 6.23. The van der Waals surface area contributed by atoms with Crippen molar-refractivity contribution in [1.29, 1.82) is 0 Å². The van der Waals surface area contributed by atoms with Gasteiger partial charge in [0.1, 0.15) is 0 Å². The van der Waals surface area contributed by atoms with Gasteiger partial charge in [-0.05, 0) is 37.5 Å². The number of amides is 2. The summed E-state index contributed by atoms with van der Waals surface area (Å²) < 4.78 is 5.58. The normalized spacial score (nSPS) is 19.3. The molecule has 0 aliphatic carbocycles. The molecule has 0 unspecified atom stereocenters. The molecule has 0 spiro atoms. The van der Waals surface area contributed by atoms with Crippen molar-refractivity contribution in [1.82, 2.24) is 10.2 Å². The average molecular weight is 331 g/mol. The van der Waals surface area contributed by atoms with E-state index in [4.69, 9.17) is 27.9 Å². The van der Waals surface area contributed by atoms with Crippen LogP contribution in [0.1, 0.15) is 25.3 Å². The molecule has 2 rings (SSSR count). The Morgan fingerprint density at radius 3 is 2.90 bits per heavy atom. The number of rotatable bonds is 4. The van der Waals surface area contributed by atoms with Crippen LogP contribution < -0.4 is 5.32 Å². The Morgan fingerprint density at radius 2 is 2.29 bits per heavy atom. The lowest BCUT2D eigenvalue weighted by Crippen LogP contribution is -2.46. The van der Waals surface area contributed by atoms with Crippen molar-refractivity contribution in [2.24, 2.45) is 0 Å². The first-order valence-corrected chi connectivity index (χ1v) is 7.80. The number of halogens is 2. The number of hydrogen-bond acceptors (Lipinski definition) is 2. The van der Waals surface area contributed by atoms with Crippen molar-refractivity contribution in [3.05, 3.63) is 33.8 Å². The molecule has 1 aromatic carbocycles. The molecule has 1 saturated heterocycles. The molecule has 0 radical (unpaired) electrons. The van der Waals surface area contributed by atoms with E-state index in [-0.39, 0.29) is 18.2 Å². The minimum absolute atomic E-state index is 0.00291. The van der Waals surface area contributed by atoms with Crippen LogP contribution in [0.2, 0.25) is 10.0 Å².